The molecule has 20 aromatic rings. The van der Waals surface area contributed by atoms with Gasteiger partial charge in [0.1, 0.15) is 52.4 Å². The summed E-state index contributed by atoms with van der Waals surface area (Å²) in [6.07, 6.45) is 14.4. The summed E-state index contributed by atoms with van der Waals surface area (Å²) in [4.78, 5) is 90.7. The van der Waals surface area contributed by atoms with Crippen molar-refractivity contribution >= 4 is 97.9 Å². The highest BCUT2D eigenvalue weighted by atomic mass is 35.5. The zero-order chi connectivity index (χ0) is 103. The predicted octanol–water partition coefficient (Wildman–Crippen LogP) is 23.9. The highest BCUT2D eigenvalue weighted by molar-refractivity contribution is 6.42. The van der Waals surface area contributed by atoms with E-state index in [0.717, 1.165) is 91.5 Å². The number of morpholine rings is 1. The molecule has 1 aliphatic rings. The number of imidazole rings is 1. The molecule has 1 saturated heterocycles. The van der Waals surface area contributed by atoms with Crippen LogP contribution < -0.4 is 20.9 Å². The first kappa shape index (κ1) is 104. The van der Waals surface area contributed by atoms with Gasteiger partial charge in [-0.25, -0.2) is 33.4 Å². The summed E-state index contributed by atoms with van der Waals surface area (Å²) >= 11 is 17.7. The van der Waals surface area contributed by atoms with E-state index in [0.29, 0.717) is 117 Å². The number of nitrogens with zero attached hydrogens (tertiary/aromatic N) is 12. The molecule has 11 heterocycles. The van der Waals surface area contributed by atoms with E-state index in [4.69, 9.17) is 62.8 Å². The maximum Gasteiger partial charge on any atom is 0.407 e. The molecule has 1 fully saturated rings. The molecule has 10 aromatic carbocycles. The van der Waals surface area contributed by atoms with Gasteiger partial charge >= 0.3 is 12.1 Å². The summed E-state index contributed by atoms with van der Waals surface area (Å²) in [6.45, 7) is 15.8. The van der Waals surface area contributed by atoms with Crippen molar-refractivity contribution in [3.8, 4) is 67.9 Å². The summed E-state index contributed by atoms with van der Waals surface area (Å²) in [6, 6.07) is 91.2. The molecule has 21 rings (SSSR count). The number of benzene rings is 10. The summed E-state index contributed by atoms with van der Waals surface area (Å²) < 4.78 is 51.4. The van der Waals surface area contributed by atoms with Gasteiger partial charge in [-0.05, 0) is 202 Å². The number of fused-ring (bicyclic) bond motifs is 4. The molecule has 0 aliphatic carbocycles. The summed E-state index contributed by atoms with van der Waals surface area (Å²) in [7, 11) is 1.67. The van der Waals surface area contributed by atoms with Gasteiger partial charge in [0.25, 0.3) is 17.4 Å². The Morgan fingerprint density at radius 2 is 1.29 bits per heavy atom. The van der Waals surface area contributed by atoms with Crippen molar-refractivity contribution in [3.63, 3.8) is 0 Å². The number of carbonyl (C=O) groups is 5. The Bertz CT molecular complexity index is 7960. The Morgan fingerprint density at radius 3 is 2.01 bits per heavy atom. The molecule has 4 N–H and O–H groups in total. The van der Waals surface area contributed by atoms with E-state index in [1.54, 1.807) is 102 Å². The van der Waals surface area contributed by atoms with Crippen LogP contribution in [0.5, 0.6) is 11.5 Å². The number of phenols is 1. The second kappa shape index (κ2) is 50.6. The van der Waals surface area contributed by atoms with E-state index in [1.807, 2.05) is 189 Å². The number of hydrogen-bond acceptors (Lipinski definition) is 20. The van der Waals surface area contributed by atoms with E-state index in [9.17, 15) is 38.3 Å². The number of halogens is 4. The topological polar surface area (TPSA) is 337 Å². The summed E-state index contributed by atoms with van der Waals surface area (Å²) in [5.74, 6) is 1.43. The molecule has 744 valence electrons. The number of aromatic nitrogens is 12. The minimum atomic E-state index is -0.487. The number of esters is 1. The number of carbonyl (C=O) groups excluding carboxylic acids is 5. The molecule has 147 heavy (non-hydrogen) atoms. The number of rotatable bonds is 22. The summed E-state index contributed by atoms with van der Waals surface area (Å²) in [5.41, 5.74) is 21.3. The number of alkyl carbamates (subject to hydrolysis) is 1. The third kappa shape index (κ3) is 28.6. The number of anilines is 1. The molecule has 0 bridgehead atoms. The van der Waals surface area contributed by atoms with Crippen molar-refractivity contribution in [2.24, 2.45) is 0 Å². The molecule has 0 spiro atoms. The first-order valence-electron chi connectivity index (χ1n) is 47.1. The number of aryl methyl sites for hydroxylation is 5. The number of nitrogens with one attached hydrogen (secondary N) is 3. The molecule has 0 unspecified atom stereocenters. The lowest BCUT2D eigenvalue weighted by Gasteiger charge is -2.27. The van der Waals surface area contributed by atoms with Gasteiger partial charge in [0.15, 0.2) is 22.9 Å². The quantitative estimate of drug-likeness (QED) is 0.0362. The van der Waals surface area contributed by atoms with Gasteiger partial charge in [0.05, 0.1) is 84.1 Å². The van der Waals surface area contributed by atoms with Crippen LogP contribution in [0.15, 0.2) is 354 Å². The number of para-hydroxylation sites is 1. The summed E-state index contributed by atoms with van der Waals surface area (Å²) in [5, 5.41) is 33.1. The Balaban J connectivity index is 0.000000129. The van der Waals surface area contributed by atoms with Gasteiger partial charge in [-0.15, -0.1) is 0 Å². The fourth-order valence-corrected chi connectivity index (χ4v) is 15.7. The van der Waals surface area contributed by atoms with E-state index in [-0.39, 0.29) is 47.5 Å². The highest BCUT2D eigenvalue weighted by Gasteiger charge is 2.24. The normalized spacial score (nSPS) is 11.3. The molecule has 10 aromatic heterocycles. The third-order valence-electron chi connectivity index (χ3n) is 23.1. The number of aromatic amines is 1. The van der Waals surface area contributed by atoms with Gasteiger partial charge in [0, 0.05) is 137 Å². The van der Waals surface area contributed by atoms with Crippen molar-refractivity contribution in [2.75, 3.05) is 51.9 Å². The standard InChI is InChI=1S/C21H24N2O4.C18H19N3O2.C16H10Cl2N2O3.C15H12ClN3O2.C15H12FN.C15H14N2O.C15H12N2O/c24-20(23-12-14-26-15-13-23)19-9-5-4-8-18(19)16-27-21(25)22-11-10-17-6-2-1-3-7-17;1-3-16-11-17(20-23-16)18(22)10-15-8-9-21(19-15)12-14-6-4-13(2)5-7-14;17-12-5-4-9(6-13(12)18)15-8-14(20-23-15)16(22)19-10-2-1-3-11(21)7-10;1-2-21-15(20)12-9-18-19-13(7-8-17-14(12)19)10-3-5-11(16)6-4-10;1-11-6-7-17-10-13(9-15(17)8-11)12-2-4-14(16)5-3-12;1-11-4-3-9-17-10-14(16-15(11)17)12-5-7-13(18-2)8-6-12;1-10-6-8-11(9-7-10)14-16-13-5-3-2-4-12(13)15(18)17-14/h1-9H,10-16H2,(H,22,25);4-9,11H,3,10,12H2,1-2H3;1-8,21H,(H,19,22);3-9H,2H2,1H3;2-10H,1H3;3-10H,1-2H3;2-9H,1H3,(H,16,17,18). The number of pyridine rings is 2. The van der Waals surface area contributed by atoms with E-state index >= 15 is 0 Å². The number of ketones is 1. The van der Waals surface area contributed by atoms with Crippen molar-refractivity contribution in [2.45, 2.75) is 74.0 Å². The number of aromatic hydroxyl groups is 1. The number of Topliss-reactive ketones (excluding diaryl/α,β-unsaturated/α-hetero) is 1. The lowest BCUT2D eigenvalue weighted by molar-refractivity contribution is 0.0300. The number of H-pyrrole nitrogens is 1. The SMILES string of the molecule is CCOC(=O)c1cnn2c(-c3ccc(Cl)cc3)ccnc12.CCc1cc(C(=O)Cc2ccn(Cc3ccc(C)cc3)n2)no1.COc1ccc(-c2cn3cccc(C)c3n2)cc1.Cc1ccc(-c2nc3ccccc3c(=O)[nH]2)cc1.Cc1ccn2cc(-c3ccc(F)cc3)cc2c1.O=C(NCCc1ccccc1)OCc1ccccc1C(=O)N1CCOCC1.O=C(Nc1cccc(O)c1)c1cc(-c2ccc(Cl)c(Cl)c2)on1. The van der Waals surface area contributed by atoms with Gasteiger partial charge in [-0.3, -0.25) is 23.9 Å². The average molecular weight is 2030 g/mol. The van der Waals surface area contributed by atoms with Crippen molar-refractivity contribution in [1.82, 2.24) is 68.7 Å². The molecule has 3 amide bonds. The molecular formula is C115H103Cl3FN15O13. The fourth-order valence-electron chi connectivity index (χ4n) is 15.3. The van der Waals surface area contributed by atoms with Crippen LogP contribution in [-0.2, 0) is 46.6 Å². The highest BCUT2D eigenvalue weighted by Crippen LogP contribution is 2.32. The predicted molar refractivity (Wildman–Crippen MR) is 567 cm³/mol. The molecule has 1 aliphatic heterocycles. The molecule has 0 saturated carbocycles. The minimum absolute atomic E-state index is 0.0537. The van der Waals surface area contributed by atoms with Crippen LogP contribution in [0, 0.1) is 33.5 Å². The number of phenolic OH excluding ortho intramolecular Hbond substituents is 1. The van der Waals surface area contributed by atoms with E-state index in [1.165, 1.54) is 64.3 Å². The van der Waals surface area contributed by atoms with Crippen LogP contribution >= 0.6 is 34.8 Å². The lowest BCUT2D eigenvalue weighted by atomic mass is 10.1. The van der Waals surface area contributed by atoms with Crippen molar-refractivity contribution in [1.29, 1.82) is 0 Å². The monoisotopic (exact) mass is 2030 g/mol. The smallest absolute Gasteiger partial charge is 0.407 e. The van der Waals surface area contributed by atoms with E-state index in [2.05, 4.69) is 135 Å². The van der Waals surface area contributed by atoms with Gasteiger partial charge in [-0.2, -0.15) is 10.2 Å². The maximum absolute atomic E-state index is 12.9. The first-order valence-corrected chi connectivity index (χ1v) is 48.2. The van der Waals surface area contributed by atoms with Gasteiger partial charge in [-0.1, -0.05) is 209 Å². The van der Waals surface area contributed by atoms with E-state index < -0.39 is 18.0 Å². The molecule has 28 nitrogen and oxygen atoms in total. The van der Waals surface area contributed by atoms with Crippen LogP contribution in [-0.4, -0.2) is 145 Å². The van der Waals surface area contributed by atoms with Gasteiger partial charge in [0.2, 0.25) is 0 Å². The molecule has 0 radical (unpaired) electrons. The van der Waals surface area contributed by atoms with Crippen LogP contribution in [0.2, 0.25) is 15.1 Å². The van der Waals surface area contributed by atoms with Gasteiger partial charge < -0.3 is 62.4 Å². The van der Waals surface area contributed by atoms with Crippen LogP contribution in [0.25, 0.3) is 84.1 Å². The minimum Gasteiger partial charge on any atom is -0.508 e. The molecule has 0 atom stereocenters. The number of ether oxygens (including phenoxy) is 4. The average Bonchev–Trinajstić information content (AvgIpc) is 1.68. The van der Waals surface area contributed by atoms with Crippen LogP contribution in [0.4, 0.5) is 14.9 Å². The largest absolute Gasteiger partial charge is 0.508 e. The Labute approximate surface area is 861 Å². The van der Waals surface area contributed by atoms with Crippen molar-refractivity contribution < 1.29 is 61.5 Å². The third-order valence-corrected chi connectivity index (χ3v) is 24.1. The Morgan fingerprint density at radius 1 is 0.578 bits per heavy atom. The second-order valence-electron chi connectivity index (χ2n) is 33.8. The van der Waals surface area contributed by atoms with Crippen molar-refractivity contribution in [3.05, 3.63) is 445 Å². The molecule has 32 heteroatoms. The number of hydrogen-bond donors (Lipinski definition) is 4. The maximum atomic E-state index is 12.9. The lowest BCUT2D eigenvalue weighted by Crippen LogP contribution is -2.41. The first-order chi connectivity index (χ1) is 71.3. The number of amides is 3. The number of methoxy groups -OCH3 is 1. The Hall–Kier alpha value is -17.3. The second-order valence-corrected chi connectivity index (χ2v) is 35.1. The Kier molecular flexibility index (Phi) is 35.8. The molecular weight excluding hydrogens is 1920 g/mol. The van der Waals surface area contributed by atoms with Crippen LogP contribution in [0.1, 0.15) is 106 Å². The zero-order valence-corrected chi connectivity index (χ0v) is 83.6. The zero-order valence-electron chi connectivity index (χ0n) is 81.3. The van der Waals surface area contributed by atoms with Crippen LogP contribution in [0.3, 0.4) is 0 Å². The fraction of sp³-hybridized carbons (Fsp3) is 0.157.